The second kappa shape index (κ2) is 8.70. The summed E-state index contributed by atoms with van der Waals surface area (Å²) in [6.07, 6.45) is 3.69. The van der Waals surface area contributed by atoms with Gasteiger partial charge in [-0.25, -0.2) is 4.98 Å². The number of nitro groups is 1. The minimum absolute atomic E-state index is 0.00126. The van der Waals surface area contributed by atoms with E-state index in [1.54, 1.807) is 40.9 Å². The van der Waals surface area contributed by atoms with Gasteiger partial charge in [-0.1, -0.05) is 12.1 Å². The number of non-ortho nitro benzene ring substituents is 1. The summed E-state index contributed by atoms with van der Waals surface area (Å²) in [7, 11) is 0. The van der Waals surface area contributed by atoms with Gasteiger partial charge >= 0.3 is 0 Å². The molecular weight excluding hydrogens is 382 g/mol. The number of benzene rings is 1. The lowest BCUT2D eigenvalue weighted by molar-refractivity contribution is -0.384. The topological polar surface area (TPSA) is 85.1 Å². The van der Waals surface area contributed by atoms with Crippen LogP contribution in [0.25, 0.3) is 16.6 Å². The summed E-state index contributed by atoms with van der Waals surface area (Å²) in [6.45, 7) is 2.51. The van der Waals surface area contributed by atoms with Crippen molar-refractivity contribution in [2.45, 2.75) is 13.3 Å². The predicted octanol–water partition coefficient (Wildman–Crippen LogP) is 4.46. The van der Waals surface area contributed by atoms with Gasteiger partial charge in [0.1, 0.15) is 0 Å². The first-order chi connectivity index (χ1) is 13.0. The third-order valence-electron chi connectivity index (χ3n) is 3.71. The highest BCUT2D eigenvalue weighted by Crippen LogP contribution is 2.29. The molecule has 2 heterocycles. The molecule has 0 unspecified atom stereocenters. The van der Waals surface area contributed by atoms with E-state index in [2.05, 4.69) is 22.4 Å². The van der Waals surface area contributed by atoms with Gasteiger partial charge in [-0.15, -0.1) is 22.7 Å². The van der Waals surface area contributed by atoms with Crippen molar-refractivity contribution in [1.82, 2.24) is 10.3 Å². The molecule has 3 aromatic rings. The van der Waals surface area contributed by atoms with Crippen LogP contribution in [-0.4, -0.2) is 22.4 Å². The highest BCUT2D eigenvalue weighted by atomic mass is 32.1. The van der Waals surface area contributed by atoms with Gasteiger partial charge in [0.2, 0.25) is 5.91 Å². The van der Waals surface area contributed by atoms with Crippen molar-refractivity contribution in [2.24, 2.45) is 0 Å². The van der Waals surface area contributed by atoms with Crippen molar-refractivity contribution in [3.63, 3.8) is 0 Å². The van der Waals surface area contributed by atoms with E-state index in [9.17, 15) is 14.9 Å². The van der Waals surface area contributed by atoms with Crippen LogP contribution in [0, 0.1) is 17.0 Å². The largest absolute Gasteiger partial charge is 0.352 e. The number of carbonyl (C=O) groups excluding carboxylic acids is 1. The second-order valence-electron chi connectivity index (χ2n) is 5.74. The fraction of sp³-hybridized carbons (Fsp3) is 0.158. The van der Waals surface area contributed by atoms with Crippen LogP contribution in [0.2, 0.25) is 0 Å². The summed E-state index contributed by atoms with van der Waals surface area (Å²) in [5.74, 6) is -0.228. The number of carbonyl (C=O) groups is 1. The Labute approximate surface area is 164 Å². The number of amides is 1. The monoisotopic (exact) mass is 399 g/mol. The molecule has 0 atom stereocenters. The van der Waals surface area contributed by atoms with Gasteiger partial charge in [0.15, 0.2) is 0 Å². The summed E-state index contributed by atoms with van der Waals surface area (Å²) < 4.78 is 0. The molecule has 0 aliphatic rings. The molecule has 1 amide bonds. The van der Waals surface area contributed by atoms with Gasteiger partial charge in [-0.05, 0) is 37.1 Å². The first-order valence-corrected chi connectivity index (χ1v) is 9.92. The summed E-state index contributed by atoms with van der Waals surface area (Å²) in [4.78, 5) is 29.0. The summed E-state index contributed by atoms with van der Waals surface area (Å²) in [5, 5.41) is 16.7. The van der Waals surface area contributed by atoms with Gasteiger partial charge in [-0.3, -0.25) is 14.9 Å². The number of hydrogen-bond donors (Lipinski definition) is 1. The van der Waals surface area contributed by atoms with E-state index in [4.69, 9.17) is 0 Å². The van der Waals surface area contributed by atoms with E-state index in [0.717, 1.165) is 22.0 Å². The molecule has 0 bridgehead atoms. The Morgan fingerprint density at radius 3 is 2.93 bits per heavy atom. The van der Waals surface area contributed by atoms with Crippen LogP contribution in [-0.2, 0) is 11.2 Å². The van der Waals surface area contributed by atoms with Gasteiger partial charge in [0.25, 0.3) is 5.69 Å². The van der Waals surface area contributed by atoms with E-state index in [1.807, 2.05) is 12.3 Å². The maximum absolute atomic E-state index is 11.9. The number of nitrogens with one attached hydrogen (secondary N) is 1. The molecule has 27 heavy (non-hydrogen) atoms. The maximum Gasteiger partial charge on any atom is 0.270 e. The Morgan fingerprint density at radius 2 is 2.19 bits per heavy atom. The number of thiazole rings is 1. The first-order valence-electron chi connectivity index (χ1n) is 8.23. The van der Waals surface area contributed by atoms with Crippen LogP contribution >= 0.6 is 22.7 Å². The Kier molecular flexibility index (Phi) is 6.10. The molecule has 0 spiro atoms. The lowest BCUT2D eigenvalue weighted by atomic mass is 10.2. The number of aryl methyl sites for hydroxylation is 1. The molecular formula is C19H17N3O3S2. The van der Waals surface area contributed by atoms with E-state index in [1.165, 1.54) is 23.1 Å². The van der Waals surface area contributed by atoms with Crippen molar-refractivity contribution >= 4 is 40.3 Å². The first kappa shape index (κ1) is 18.9. The summed E-state index contributed by atoms with van der Waals surface area (Å²) in [6, 6.07) is 10.3. The summed E-state index contributed by atoms with van der Waals surface area (Å²) >= 11 is 3.31. The Hall–Kier alpha value is -2.84. The molecule has 0 fully saturated rings. The quantitative estimate of drug-likeness (QED) is 0.361. The van der Waals surface area contributed by atoms with Gasteiger partial charge in [0.05, 0.1) is 20.5 Å². The lowest BCUT2D eigenvalue weighted by Crippen LogP contribution is -2.23. The van der Waals surface area contributed by atoms with Crippen molar-refractivity contribution in [3.8, 4) is 10.6 Å². The zero-order valence-electron chi connectivity index (χ0n) is 14.5. The zero-order valence-corrected chi connectivity index (χ0v) is 16.2. The summed E-state index contributed by atoms with van der Waals surface area (Å²) in [5.41, 5.74) is 1.61. The molecule has 138 valence electrons. The van der Waals surface area contributed by atoms with E-state index < -0.39 is 4.92 Å². The average molecular weight is 399 g/mol. The second-order valence-corrected chi connectivity index (χ2v) is 7.97. The van der Waals surface area contributed by atoms with E-state index in [0.29, 0.717) is 12.1 Å². The normalized spacial score (nSPS) is 11.0. The molecule has 1 aromatic carbocycles. The Bertz CT molecular complexity index is 992. The maximum atomic E-state index is 11.9. The van der Waals surface area contributed by atoms with E-state index in [-0.39, 0.29) is 11.6 Å². The number of nitro benzene ring substituents is 1. The van der Waals surface area contributed by atoms with Crippen LogP contribution in [0.3, 0.4) is 0 Å². The number of rotatable bonds is 7. The number of aromatic nitrogens is 1. The number of hydrogen-bond acceptors (Lipinski definition) is 6. The van der Waals surface area contributed by atoms with Crippen molar-refractivity contribution < 1.29 is 9.72 Å². The van der Waals surface area contributed by atoms with Gasteiger partial charge < -0.3 is 5.32 Å². The fourth-order valence-corrected chi connectivity index (χ4v) is 4.06. The van der Waals surface area contributed by atoms with Crippen molar-refractivity contribution in [2.75, 3.05) is 6.54 Å². The molecule has 2 aromatic heterocycles. The van der Waals surface area contributed by atoms with Crippen LogP contribution in [0.1, 0.15) is 15.4 Å². The van der Waals surface area contributed by atoms with Gasteiger partial charge in [0, 0.05) is 35.0 Å². The molecule has 1 N–H and O–H groups in total. The van der Waals surface area contributed by atoms with Crippen molar-refractivity contribution in [3.05, 3.63) is 73.4 Å². The van der Waals surface area contributed by atoms with Crippen LogP contribution in [0.15, 0.2) is 47.9 Å². The van der Waals surface area contributed by atoms with Crippen LogP contribution in [0.4, 0.5) is 5.69 Å². The molecule has 0 saturated carbocycles. The highest BCUT2D eigenvalue weighted by Gasteiger charge is 2.07. The molecule has 8 heteroatoms. The Morgan fingerprint density at radius 1 is 1.33 bits per heavy atom. The standard InChI is InChI=1S/C19H17N3O3S2/c1-13-21-17(12-26-13)18-7-6-16(27-18)9-10-20-19(23)8-5-14-3-2-4-15(11-14)22(24)25/h2-8,11-12H,9-10H2,1H3,(H,20,23)/b8-5+. The fourth-order valence-electron chi connectivity index (χ4n) is 2.41. The zero-order chi connectivity index (χ0) is 19.2. The molecule has 3 rings (SSSR count). The predicted molar refractivity (Wildman–Crippen MR) is 109 cm³/mol. The molecule has 0 radical (unpaired) electrons. The minimum Gasteiger partial charge on any atom is -0.352 e. The average Bonchev–Trinajstić information content (AvgIpc) is 3.29. The number of thiophene rings is 1. The Balaban J connectivity index is 1.49. The van der Waals surface area contributed by atoms with Crippen LogP contribution in [0.5, 0.6) is 0 Å². The smallest absolute Gasteiger partial charge is 0.270 e. The third-order valence-corrected chi connectivity index (χ3v) is 5.65. The SMILES string of the molecule is Cc1nc(-c2ccc(CCNC(=O)/C=C/c3cccc([N+](=O)[O-])c3)s2)cs1. The minimum atomic E-state index is -0.459. The van der Waals surface area contributed by atoms with Crippen molar-refractivity contribution in [1.29, 1.82) is 0 Å². The molecule has 0 aliphatic heterocycles. The number of nitrogens with zero attached hydrogens (tertiary/aromatic N) is 2. The molecule has 0 aliphatic carbocycles. The molecule has 6 nitrogen and oxygen atoms in total. The van der Waals surface area contributed by atoms with E-state index >= 15 is 0 Å². The highest BCUT2D eigenvalue weighted by molar-refractivity contribution is 7.16. The van der Waals surface area contributed by atoms with Crippen LogP contribution < -0.4 is 5.32 Å². The van der Waals surface area contributed by atoms with Gasteiger partial charge in [-0.2, -0.15) is 0 Å². The lowest BCUT2D eigenvalue weighted by Gasteiger charge is -2.00. The third kappa shape index (κ3) is 5.32. The molecule has 0 saturated heterocycles.